The van der Waals surface area contributed by atoms with E-state index >= 15 is 0 Å². The van der Waals surface area contributed by atoms with E-state index in [4.69, 9.17) is 15.2 Å². The van der Waals surface area contributed by atoms with Crippen molar-refractivity contribution in [3.63, 3.8) is 0 Å². The molecule has 0 unspecified atom stereocenters. The first-order valence-electron chi connectivity index (χ1n) is 11.5. The van der Waals surface area contributed by atoms with Crippen LogP contribution in [-0.2, 0) is 19.1 Å². The van der Waals surface area contributed by atoms with Crippen LogP contribution in [-0.4, -0.2) is 49.3 Å². The molecule has 0 radical (unpaired) electrons. The van der Waals surface area contributed by atoms with Crippen molar-refractivity contribution < 1.29 is 23.9 Å². The first-order chi connectivity index (χ1) is 16.2. The molecule has 0 bridgehead atoms. The molecule has 0 saturated heterocycles. The molecule has 0 fully saturated rings. The van der Waals surface area contributed by atoms with Gasteiger partial charge in [-0.1, -0.05) is 48.5 Å². The standard InChI is InChI=1S/C26H33N3O5/c1-26(2,3)34-24(31)22(12-13-23(30)28-15-14-27)29-25(32)33-16-21-19-10-6-4-8-17(19)18-9-5-7-11-20(18)21/h4-11,21-22H,12-16,27H2,1-3H3,(H,28,30)(H,29,32)/t22-/m0/s1. The summed E-state index contributed by atoms with van der Waals surface area (Å²) in [6, 6.07) is 15.1. The molecule has 0 aliphatic heterocycles. The minimum absolute atomic E-state index is 0.0353. The Balaban J connectivity index is 1.64. The van der Waals surface area contributed by atoms with E-state index in [0.29, 0.717) is 13.1 Å². The third-order valence-electron chi connectivity index (χ3n) is 5.45. The molecular weight excluding hydrogens is 434 g/mol. The van der Waals surface area contributed by atoms with Crippen LogP contribution in [0.25, 0.3) is 11.1 Å². The average molecular weight is 468 g/mol. The zero-order valence-corrected chi connectivity index (χ0v) is 19.9. The molecule has 182 valence electrons. The van der Waals surface area contributed by atoms with Crippen LogP contribution in [0.5, 0.6) is 0 Å². The molecular formula is C26H33N3O5. The van der Waals surface area contributed by atoms with Crippen molar-refractivity contribution in [3.05, 3.63) is 59.7 Å². The summed E-state index contributed by atoms with van der Waals surface area (Å²) in [5.74, 6) is -0.971. The summed E-state index contributed by atoms with van der Waals surface area (Å²) in [7, 11) is 0. The van der Waals surface area contributed by atoms with E-state index in [9.17, 15) is 14.4 Å². The third-order valence-corrected chi connectivity index (χ3v) is 5.45. The van der Waals surface area contributed by atoms with Crippen LogP contribution in [0.2, 0.25) is 0 Å². The Labute approximate surface area is 200 Å². The third kappa shape index (κ3) is 6.57. The minimum Gasteiger partial charge on any atom is -0.458 e. The maximum atomic E-state index is 12.7. The van der Waals surface area contributed by atoms with Crippen molar-refractivity contribution in [1.29, 1.82) is 0 Å². The van der Waals surface area contributed by atoms with Gasteiger partial charge in [-0.05, 0) is 49.4 Å². The topological polar surface area (TPSA) is 120 Å². The molecule has 1 aliphatic rings. The Morgan fingerprint density at radius 3 is 2.15 bits per heavy atom. The van der Waals surface area contributed by atoms with Crippen molar-refractivity contribution in [2.24, 2.45) is 5.73 Å². The van der Waals surface area contributed by atoms with Gasteiger partial charge in [-0.3, -0.25) is 4.79 Å². The summed E-state index contributed by atoms with van der Waals surface area (Å²) >= 11 is 0. The van der Waals surface area contributed by atoms with Gasteiger partial charge in [-0.25, -0.2) is 9.59 Å². The van der Waals surface area contributed by atoms with Crippen molar-refractivity contribution >= 4 is 18.0 Å². The molecule has 2 amide bonds. The minimum atomic E-state index is -1.02. The second-order valence-electron chi connectivity index (χ2n) is 9.23. The lowest BCUT2D eigenvalue weighted by Gasteiger charge is -2.24. The quantitative estimate of drug-likeness (QED) is 0.488. The number of rotatable bonds is 9. The Kier molecular flexibility index (Phi) is 8.28. The van der Waals surface area contributed by atoms with Gasteiger partial charge >= 0.3 is 12.1 Å². The molecule has 0 aromatic heterocycles. The lowest BCUT2D eigenvalue weighted by Crippen LogP contribution is -2.45. The zero-order valence-electron chi connectivity index (χ0n) is 19.9. The normalized spacial score (nSPS) is 13.4. The number of hydrogen-bond acceptors (Lipinski definition) is 6. The van der Waals surface area contributed by atoms with E-state index < -0.39 is 23.7 Å². The molecule has 0 heterocycles. The number of amides is 2. The predicted molar refractivity (Wildman–Crippen MR) is 129 cm³/mol. The van der Waals surface area contributed by atoms with Gasteiger partial charge in [-0.15, -0.1) is 0 Å². The first-order valence-corrected chi connectivity index (χ1v) is 11.5. The molecule has 2 aromatic rings. The number of carbonyl (C=O) groups excluding carboxylic acids is 3. The first kappa shape index (κ1) is 25.2. The molecule has 8 nitrogen and oxygen atoms in total. The number of hydrogen-bond donors (Lipinski definition) is 3. The summed E-state index contributed by atoms with van der Waals surface area (Å²) in [5, 5.41) is 5.23. The van der Waals surface area contributed by atoms with E-state index in [0.717, 1.165) is 22.3 Å². The molecule has 3 rings (SSSR count). The van der Waals surface area contributed by atoms with Gasteiger partial charge in [0.05, 0.1) is 0 Å². The summed E-state index contributed by atoms with van der Waals surface area (Å²) in [4.78, 5) is 37.3. The lowest BCUT2D eigenvalue weighted by atomic mass is 9.98. The second kappa shape index (κ2) is 11.2. The van der Waals surface area contributed by atoms with E-state index in [-0.39, 0.29) is 31.3 Å². The highest BCUT2D eigenvalue weighted by Crippen LogP contribution is 2.44. The van der Waals surface area contributed by atoms with E-state index in [1.54, 1.807) is 20.8 Å². The Hall–Kier alpha value is -3.39. The van der Waals surface area contributed by atoms with Crippen LogP contribution in [0.15, 0.2) is 48.5 Å². The molecule has 0 spiro atoms. The molecule has 1 aliphatic carbocycles. The van der Waals surface area contributed by atoms with Crippen molar-refractivity contribution in [2.45, 2.75) is 51.2 Å². The van der Waals surface area contributed by atoms with Crippen molar-refractivity contribution in [2.75, 3.05) is 19.7 Å². The summed E-state index contributed by atoms with van der Waals surface area (Å²) < 4.78 is 11.0. The van der Waals surface area contributed by atoms with E-state index in [1.165, 1.54) is 0 Å². The van der Waals surface area contributed by atoms with Crippen LogP contribution in [0.4, 0.5) is 4.79 Å². The highest BCUT2D eigenvalue weighted by molar-refractivity contribution is 5.83. The number of carbonyl (C=O) groups is 3. The van der Waals surface area contributed by atoms with Crippen LogP contribution < -0.4 is 16.4 Å². The van der Waals surface area contributed by atoms with Crippen LogP contribution in [0, 0.1) is 0 Å². The van der Waals surface area contributed by atoms with Gasteiger partial charge in [0.1, 0.15) is 18.2 Å². The fraction of sp³-hybridized carbons (Fsp3) is 0.423. The number of nitrogens with one attached hydrogen (secondary N) is 2. The number of benzene rings is 2. The van der Waals surface area contributed by atoms with Crippen molar-refractivity contribution in [3.8, 4) is 11.1 Å². The fourth-order valence-corrected chi connectivity index (χ4v) is 3.98. The van der Waals surface area contributed by atoms with Crippen molar-refractivity contribution in [1.82, 2.24) is 10.6 Å². The van der Waals surface area contributed by atoms with Crippen LogP contribution in [0.1, 0.15) is 50.7 Å². The van der Waals surface area contributed by atoms with Crippen LogP contribution in [0.3, 0.4) is 0 Å². The average Bonchev–Trinajstić information content (AvgIpc) is 3.11. The number of ether oxygens (including phenoxy) is 2. The number of alkyl carbamates (subject to hydrolysis) is 1. The lowest BCUT2D eigenvalue weighted by molar-refractivity contribution is -0.157. The summed E-state index contributed by atoms with van der Waals surface area (Å²) in [5.41, 5.74) is 9.11. The van der Waals surface area contributed by atoms with Crippen LogP contribution >= 0.6 is 0 Å². The second-order valence-corrected chi connectivity index (χ2v) is 9.23. The van der Waals surface area contributed by atoms with Gasteiger partial charge in [0.2, 0.25) is 5.91 Å². The van der Waals surface area contributed by atoms with Gasteiger partial charge < -0.3 is 25.8 Å². The molecule has 0 saturated carbocycles. The fourth-order valence-electron chi connectivity index (χ4n) is 3.98. The highest BCUT2D eigenvalue weighted by atomic mass is 16.6. The molecule has 8 heteroatoms. The molecule has 2 aromatic carbocycles. The summed E-state index contributed by atoms with van der Waals surface area (Å²) in [6.07, 6.45) is -0.622. The van der Waals surface area contributed by atoms with Gasteiger partial charge in [0.15, 0.2) is 0 Å². The number of nitrogens with two attached hydrogens (primary N) is 1. The Bertz CT molecular complexity index is 986. The molecule has 34 heavy (non-hydrogen) atoms. The largest absolute Gasteiger partial charge is 0.458 e. The van der Waals surface area contributed by atoms with Gasteiger partial charge in [0.25, 0.3) is 0 Å². The maximum Gasteiger partial charge on any atom is 0.407 e. The van der Waals surface area contributed by atoms with Gasteiger partial charge in [0, 0.05) is 25.4 Å². The Morgan fingerprint density at radius 2 is 1.59 bits per heavy atom. The number of esters is 1. The number of fused-ring (bicyclic) bond motifs is 3. The zero-order chi connectivity index (χ0) is 24.7. The smallest absolute Gasteiger partial charge is 0.407 e. The SMILES string of the molecule is CC(C)(C)OC(=O)[C@H](CCC(=O)NCCN)NC(=O)OCC1c2ccccc2-c2ccccc21. The van der Waals surface area contributed by atoms with E-state index in [2.05, 4.69) is 22.8 Å². The predicted octanol–water partition coefficient (Wildman–Crippen LogP) is 3.09. The Morgan fingerprint density at radius 1 is 1.00 bits per heavy atom. The highest BCUT2D eigenvalue weighted by Gasteiger charge is 2.31. The maximum absolute atomic E-state index is 12.7. The van der Waals surface area contributed by atoms with E-state index in [1.807, 2.05) is 36.4 Å². The molecule has 4 N–H and O–H groups in total. The van der Waals surface area contributed by atoms with Gasteiger partial charge in [-0.2, -0.15) is 0 Å². The monoisotopic (exact) mass is 467 g/mol. The summed E-state index contributed by atoms with van der Waals surface area (Å²) in [6.45, 7) is 6.00. The molecule has 1 atom stereocenters.